The van der Waals surface area contributed by atoms with Crippen molar-refractivity contribution in [1.82, 2.24) is 0 Å². The molecule has 0 spiro atoms. The molecular weight excluding hydrogens is 180 g/mol. The van der Waals surface area contributed by atoms with E-state index in [0.29, 0.717) is 6.54 Å². The average molecular weight is 194 g/mol. The molecule has 1 unspecified atom stereocenters. The normalized spacial score (nSPS) is 12.1. The van der Waals surface area contributed by atoms with Crippen LogP contribution in [0.3, 0.4) is 0 Å². The van der Waals surface area contributed by atoms with Gasteiger partial charge < -0.3 is 5.32 Å². The minimum atomic E-state index is -0.561. The van der Waals surface area contributed by atoms with Gasteiger partial charge in [-0.25, -0.2) is 0 Å². The molecule has 0 fully saturated rings. The van der Waals surface area contributed by atoms with E-state index in [1.807, 2.05) is 31.2 Å². The van der Waals surface area contributed by atoms with Gasteiger partial charge in [-0.2, -0.15) is 0 Å². The van der Waals surface area contributed by atoms with Crippen molar-refractivity contribution in [2.75, 3.05) is 11.9 Å². The summed E-state index contributed by atoms with van der Waals surface area (Å²) in [5.41, 5.74) is 2.06. The molecule has 1 N–H and O–H groups in total. The Kier molecular flexibility index (Phi) is 3.45. The van der Waals surface area contributed by atoms with E-state index >= 15 is 0 Å². The fourth-order valence-electron chi connectivity index (χ4n) is 1.10. The Labute approximate surface area is 83.1 Å². The van der Waals surface area contributed by atoms with E-state index < -0.39 is 6.04 Å². The molecule has 76 valence electrons. The molecule has 0 saturated heterocycles. The Morgan fingerprint density at radius 2 is 2.14 bits per heavy atom. The molecule has 0 heterocycles. The van der Waals surface area contributed by atoms with Gasteiger partial charge in [0.05, 0.1) is 6.54 Å². The lowest BCUT2D eigenvalue weighted by Crippen LogP contribution is -2.24. The highest BCUT2D eigenvalue weighted by Gasteiger charge is 2.11. The van der Waals surface area contributed by atoms with Gasteiger partial charge in [0.15, 0.2) is 0 Å². The fourth-order valence-corrected chi connectivity index (χ4v) is 1.10. The van der Waals surface area contributed by atoms with E-state index in [0.717, 1.165) is 11.3 Å². The van der Waals surface area contributed by atoms with Crippen LogP contribution in [-0.4, -0.2) is 17.5 Å². The van der Waals surface area contributed by atoms with Gasteiger partial charge in [-0.1, -0.05) is 18.2 Å². The number of rotatable bonds is 4. The summed E-state index contributed by atoms with van der Waals surface area (Å²) in [6.07, 6.45) is 0. The molecule has 14 heavy (non-hydrogen) atoms. The zero-order valence-corrected chi connectivity index (χ0v) is 8.36. The van der Waals surface area contributed by atoms with E-state index in [1.165, 1.54) is 0 Å². The van der Waals surface area contributed by atoms with Gasteiger partial charge in [-0.05, 0) is 18.6 Å². The van der Waals surface area contributed by atoms with Crippen LogP contribution in [0.2, 0.25) is 0 Å². The van der Waals surface area contributed by atoms with Crippen LogP contribution in [0.15, 0.2) is 24.3 Å². The number of nitro groups is 1. The first-order chi connectivity index (χ1) is 6.61. The summed E-state index contributed by atoms with van der Waals surface area (Å²) in [6.45, 7) is 3.92. The molecule has 1 atom stereocenters. The minimum Gasteiger partial charge on any atom is -0.378 e. The number of nitrogens with one attached hydrogen (secondary N) is 1. The Hall–Kier alpha value is -1.58. The predicted molar refractivity (Wildman–Crippen MR) is 56.1 cm³/mol. The highest BCUT2D eigenvalue weighted by atomic mass is 16.6. The Balaban J connectivity index is 2.54. The molecule has 1 rings (SSSR count). The second-order valence-corrected chi connectivity index (χ2v) is 3.33. The van der Waals surface area contributed by atoms with Gasteiger partial charge in [-0.3, -0.25) is 10.1 Å². The average Bonchev–Trinajstić information content (AvgIpc) is 2.16. The van der Waals surface area contributed by atoms with Crippen molar-refractivity contribution in [3.05, 3.63) is 39.9 Å². The van der Waals surface area contributed by atoms with Gasteiger partial charge in [0.2, 0.25) is 6.04 Å². The standard InChI is InChI=1S/C10H14N2O2/c1-8-5-3-4-6-10(8)11-7-9(2)12(13)14/h3-6,9,11H,7H2,1-2H3. The second kappa shape index (κ2) is 4.60. The van der Waals surface area contributed by atoms with Crippen LogP contribution in [0.5, 0.6) is 0 Å². The largest absolute Gasteiger partial charge is 0.378 e. The van der Waals surface area contributed by atoms with Gasteiger partial charge in [0.1, 0.15) is 0 Å². The number of anilines is 1. The van der Waals surface area contributed by atoms with Gasteiger partial charge >= 0.3 is 0 Å². The van der Waals surface area contributed by atoms with Crippen LogP contribution >= 0.6 is 0 Å². The van der Waals surface area contributed by atoms with Crippen LogP contribution in [0.4, 0.5) is 5.69 Å². The number of para-hydroxylation sites is 1. The molecule has 0 aliphatic heterocycles. The van der Waals surface area contributed by atoms with E-state index in [1.54, 1.807) is 6.92 Å². The lowest BCUT2D eigenvalue weighted by atomic mass is 10.2. The van der Waals surface area contributed by atoms with Gasteiger partial charge in [0, 0.05) is 17.5 Å². The lowest BCUT2D eigenvalue weighted by molar-refractivity contribution is -0.514. The van der Waals surface area contributed by atoms with Crippen LogP contribution in [0.25, 0.3) is 0 Å². The van der Waals surface area contributed by atoms with Crippen molar-refractivity contribution in [1.29, 1.82) is 0 Å². The van der Waals surface area contributed by atoms with E-state index in [4.69, 9.17) is 0 Å². The molecule has 4 heteroatoms. The minimum absolute atomic E-state index is 0.286. The fraction of sp³-hybridized carbons (Fsp3) is 0.400. The third-order valence-corrected chi connectivity index (χ3v) is 2.09. The van der Waals surface area contributed by atoms with Crippen molar-refractivity contribution < 1.29 is 4.92 Å². The Morgan fingerprint density at radius 3 is 2.71 bits per heavy atom. The van der Waals surface area contributed by atoms with E-state index in [9.17, 15) is 10.1 Å². The quantitative estimate of drug-likeness (QED) is 0.589. The summed E-state index contributed by atoms with van der Waals surface area (Å²) >= 11 is 0. The highest BCUT2D eigenvalue weighted by molar-refractivity contribution is 5.50. The SMILES string of the molecule is Cc1ccccc1NCC(C)[N+](=O)[O-]. The molecular formula is C10H14N2O2. The molecule has 0 aliphatic rings. The topological polar surface area (TPSA) is 55.2 Å². The van der Waals surface area contributed by atoms with Crippen LogP contribution < -0.4 is 5.32 Å². The molecule has 4 nitrogen and oxygen atoms in total. The number of benzene rings is 1. The van der Waals surface area contributed by atoms with Crippen molar-refractivity contribution in [3.63, 3.8) is 0 Å². The van der Waals surface area contributed by atoms with Crippen molar-refractivity contribution in [3.8, 4) is 0 Å². The molecule has 0 amide bonds. The molecule has 0 radical (unpaired) electrons. The first kappa shape index (κ1) is 10.5. The molecule has 0 aliphatic carbocycles. The summed E-state index contributed by atoms with van der Waals surface area (Å²) in [5.74, 6) is 0. The monoisotopic (exact) mass is 194 g/mol. The summed E-state index contributed by atoms with van der Waals surface area (Å²) in [6, 6.07) is 7.18. The van der Waals surface area contributed by atoms with Gasteiger partial charge in [0.25, 0.3) is 0 Å². The lowest BCUT2D eigenvalue weighted by Gasteiger charge is -2.09. The molecule has 1 aromatic carbocycles. The smallest absolute Gasteiger partial charge is 0.227 e. The highest BCUT2D eigenvalue weighted by Crippen LogP contribution is 2.12. The molecule has 0 bridgehead atoms. The maximum absolute atomic E-state index is 10.4. The molecule has 0 saturated carbocycles. The zero-order chi connectivity index (χ0) is 10.6. The summed E-state index contributed by atoms with van der Waals surface area (Å²) in [5, 5.41) is 13.4. The maximum Gasteiger partial charge on any atom is 0.227 e. The first-order valence-corrected chi connectivity index (χ1v) is 4.54. The number of hydrogen-bond donors (Lipinski definition) is 1. The summed E-state index contributed by atoms with van der Waals surface area (Å²) in [4.78, 5) is 10.1. The van der Waals surface area contributed by atoms with Crippen LogP contribution in [-0.2, 0) is 0 Å². The predicted octanol–water partition coefficient (Wildman–Crippen LogP) is 2.07. The first-order valence-electron chi connectivity index (χ1n) is 4.54. The number of nitrogens with zero attached hydrogens (tertiary/aromatic N) is 1. The van der Waals surface area contributed by atoms with E-state index in [2.05, 4.69) is 5.32 Å². The maximum atomic E-state index is 10.4. The van der Waals surface area contributed by atoms with Crippen molar-refractivity contribution in [2.24, 2.45) is 0 Å². The Morgan fingerprint density at radius 1 is 1.50 bits per heavy atom. The third kappa shape index (κ3) is 2.73. The molecule has 1 aromatic rings. The summed E-state index contributed by atoms with van der Waals surface area (Å²) in [7, 11) is 0. The van der Waals surface area contributed by atoms with Gasteiger partial charge in [-0.15, -0.1) is 0 Å². The third-order valence-electron chi connectivity index (χ3n) is 2.09. The molecule has 0 aromatic heterocycles. The number of aryl methyl sites for hydroxylation is 1. The van der Waals surface area contributed by atoms with Crippen LogP contribution in [0, 0.1) is 17.0 Å². The number of hydrogen-bond acceptors (Lipinski definition) is 3. The van der Waals surface area contributed by atoms with Crippen molar-refractivity contribution >= 4 is 5.69 Å². The van der Waals surface area contributed by atoms with Crippen molar-refractivity contribution in [2.45, 2.75) is 19.9 Å². The Bertz CT molecular complexity index is 326. The van der Waals surface area contributed by atoms with Crippen LogP contribution in [0.1, 0.15) is 12.5 Å². The van der Waals surface area contributed by atoms with E-state index in [-0.39, 0.29) is 4.92 Å². The summed E-state index contributed by atoms with van der Waals surface area (Å²) < 4.78 is 0. The zero-order valence-electron chi connectivity index (χ0n) is 8.36. The second-order valence-electron chi connectivity index (χ2n) is 3.33.